The molecule has 1 aromatic rings. The van der Waals surface area contributed by atoms with Crippen LogP contribution in [0, 0.1) is 12.8 Å². The number of benzene rings is 1. The number of rotatable bonds is 4. The molecule has 1 aromatic carbocycles. The minimum atomic E-state index is -3.61. The fourth-order valence-corrected chi connectivity index (χ4v) is 5.97. The van der Waals surface area contributed by atoms with Gasteiger partial charge in [-0.2, -0.15) is 4.31 Å². The number of piperidine rings is 1. The van der Waals surface area contributed by atoms with Crippen LogP contribution in [0.25, 0.3) is 0 Å². The van der Waals surface area contributed by atoms with Crippen LogP contribution in [0.3, 0.4) is 0 Å². The maximum Gasteiger partial charge on any atom is 0.243 e. The van der Waals surface area contributed by atoms with Crippen molar-refractivity contribution in [1.82, 2.24) is 9.62 Å². The van der Waals surface area contributed by atoms with Gasteiger partial charge in [-0.1, -0.05) is 36.9 Å². The Bertz CT molecular complexity index is 760. The predicted molar refractivity (Wildman–Crippen MR) is 103 cm³/mol. The number of amides is 1. The summed E-state index contributed by atoms with van der Waals surface area (Å²) in [4.78, 5) is 12.7. The van der Waals surface area contributed by atoms with Gasteiger partial charge in [0.25, 0.3) is 0 Å². The molecule has 1 atom stereocenters. The monoisotopic (exact) mass is 398 g/mol. The molecule has 1 saturated carbocycles. The summed E-state index contributed by atoms with van der Waals surface area (Å²) in [5, 5.41) is 3.55. The van der Waals surface area contributed by atoms with Gasteiger partial charge in [0.2, 0.25) is 15.9 Å². The van der Waals surface area contributed by atoms with Crippen molar-refractivity contribution in [3.05, 3.63) is 28.8 Å². The second kappa shape index (κ2) is 8.28. The van der Waals surface area contributed by atoms with Crippen molar-refractivity contribution in [3.63, 3.8) is 0 Å². The van der Waals surface area contributed by atoms with Crippen LogP contribution in [0.2, 0.25) is 5.02 Å². The van der Waals surface area contributed by atoms with Crippen molar-refractivity contribution < 1.29 is 13.2 Å². The van der Waals surface area contributed by atoms with E-state index in [1.54, 1.807) is 25.1 Å². The molecule has 0 bridgehead atoms. The van der Waals surface area contributed by atoms with Gasteiger partial charge in [-0.05, 0) is 50.3 Å². The summed E-state index contributed by atoms with van der Waals surface area (Å²) in [6, 6.07) is 4.83. The molecule has 2 aliphatic rings. The van der Waals surface area contributed by atoms with Gasteiger partial charge in [-0.15, -0.1) is 0 Å². The Morgan fingerprint density at radius 3 is 2.62 bits per heavy atom. The number of hydrogen-bond donors (Lipinski definition) is 1. The number of nitrogens with one attached hydrogen (secondary N) is 1. The number of sulfonamides is 1. The van der Waals surface area contributed by atoms with Crippen LogP contribution >= 0.6 is 11.6 Å². The van der Waals surface area contributed by atoms with E-state index in [-0.39, 0.29) is 22.8 Å². The van der Waals surface area contributed by atoms with E-state index in [1.807, 2.05) is 0 Å². The van der Waals surface area contributed by atoms with Crippen LogP contribution in [-0.4, -0.2) is 37.8 Å². The van der Waals surface area contributed by atoms with Gasteiger partial charge in [-0.3, -0.25) is 4.79 Å². The van der Waals surface area contributed by atoms with Gasteiger partial charge < -0.3 is 5.32 Å². The zero-order chi connectivity index (χ0) is 18.7. The van der Waals surface area contributed by atoms with Gasteiger partial charge in [0.15, 0.2) is 0 Å². The normalized spacial score (nSPS) is 22.9. The first-order valence-electron chi connectivity index (χ1n) is 9.45. The quantitative estimate of drug-likeness (QED) is 0.844. The topological polar surface area (TPSA) is 66.5 Å². The Labute approximate surface area is 161 Å². The maximum absolute atomic E-state index is 13.0. The largest absolute Gasteiger partial charge is 0.352 e. The minimum absolute atomic E-state index is 0.0888. The highest BCUT2D eigenvalue weighted by molar-refractivity contribution is 7.89. The molecule has 0 radical (unpaired) electrons. The van der Waals surface area contributed by atoms with Gasteiger partial charge in [0.1, 0.15) is 0 Å². The molecule has 1 saturated heterocycles. The Balaban J connectivity index is 1.69. The lowest BCUT2D eigenvalue weighted by Gasteiger charge is -2.34. The van der Waals surface area contributed by atoms with E-state index in [0.29, 0.717) is 23.7 Å². The van der Waals surface area contributed by atoms with Gasteiger partial charge in [0, 0.05) is 30.1 Å². The molecule has 2 fully saturated rings. The first-order valence-corrected chi connectivity index (χ1v) is 11.3. The van der Waals surface area contributed by atoms with E-state index < -0.39 is 10.0 Å². The summed E-state index contributed by atoms with van der Waals surface area (Å²) in [5.74, 6) is 0.179. The van der Waals surface area contributed by atoms with Gasteiger partial charge in [0.05, 0.1) is 4.90 Å². The third kappa shape index (κ3) is 4.24. The maximum atomic E-state index is 13.0. The lowest BCUT2D eigenvalue weighted by Crippen LogP contribution is -2.50. The fourth-order valence-electron chi connectivity index (χ4n) is 3.97. The molecular formula is C19H27ClN2O3S. The van der Waals surface area contributed by atoms with E-state index in [4.69, 9.17) is 11.6 Å². The highest BCUT2D eigenvalue weighted by Gasteiger charge is 2.33. The third-order valence-corrected chi connectivity index (χ3v) is 7.96. The summed E-state index contributed by atoms with van der Waals surface area (Å²) in [6.45, 7) is 2.53. The highest BCUT2D eigenvalue weighted by Crippen LogP contribution is 2.28. The lowest BCUT2D eigenvalue weighted by molar-refractivity contribution is -0.126. The van der Waals surface area contributed by atoms with E-state index in [1.165, 1.54) is 10.7 Å². The summed E-state index contributed by atoms with van der Waals surface area (Å²) >= 11 is 6.10. The summed E-state index contributed by atoms with van der Waals surface area (Å²) < 4.78 is 27.6. The first-order chi connectivity index (χ1) is 12.4. The van der Waals surface area contributed by atoms with Crippen LogP contribution in [0.4, 0.5) is 0 Å². The van der Waals surface area contributed by atoms with E-state index >= 15 is 0 Å². The van der Waals surface area contributed by atoms with Crippen LogP contribution in [0.1, 0.15) is 50.5 Å². The average molecular weight is 399 g/mol. The van der Waals surface area contributed by atoms with E-state index in [0.717, 1.165) is 38.5 Å². The highest BCUT2D eigenvalue weighted by atomic mass is 35.5. The SMILES string of the molecule is Cc1c(Cl)cccc1S(=O)(=O)N1CCC[C@@H](NC(=O)C2CCCCC2)C1. The van der Waals surface area contributed by atoms with Crippen molar-refractivity contribution in [1.29, 1.82) is 0 Å². The van der Waals surface area contributed by atoms with Crippen molar-refractivity contribution in [2.45, 2.75) is 62.8 Å². The Kier molecular flexibility index (Phi) is 6.25. The molecule has 5 nitrogen and oxygen atoms in total. The first kappa shape index (κ1) is 19.6. The molecule has 144 valence electrons. The standard InChI is InChI=1S/C19H27ClN2O3S/c1-14-17(20)10-5-11-18(14)26(24,25)22-12-6-9-16(13-22)21-19(23)15-7-3-2-4-8-15/h5,10-11,15-16H,2-4,6-9,12-13H2,1H3,(H,21,23)/t16-/m1/s1. The molecule has 1 aliphatic carbocycles. The molecule has 1 heterocycles. The fraction of sp³-hybridized carbons (Fsp3) is 0.632. The third-order valence-electron chi connectivity index (χ3n) is 5.54. The lowest BCUT2D eigenvalue weighted by atomic mass is 9.88. The molecular weight excluding hydrogens is 372 g/mol. The van der Waals surface area contributed by atoms with Crippen LogP contribution in [-0.2, 0) is 14.8 Å². The summed E-state index contributed by atoms with van der Waals surface area (Å²) in [7, 11) is -3.61. The molecule has 1 N–H and O–H groups in total. The zero-order valence-electron chi connectivity index (χ0n) is 15.2. The molecule has 3 rings (SSSR count). The van der Waals surface area contributed by atoms with Crippen molar-refractivity contribution in [3.8, 4) is 0 Å². The van der Waals surface area contributed by atoms with Crippen LogP contribution in [0.5, 0.6) is 0 Å². The molecule has 1 amide bonds. The minimum Gasteiger partial charge on any atom is -0.352 e. The molecule has 0 spiro atoms. The second-order valence-corrected chi connectivity index (χ2v) is 9.72. The van der Waals surface area contributed by atoms with Crippen LogP contribution < -0.4 is 5.32 Å². The Morgan fingerprint density at radius 2 is 1.88 bits per heavy atom. The number of carbonyl (C=O) groups is 1. The number of carbonyl (C=O) groups excluding carboxylic acids is 1. The van der Waals surface area contributed by atoms with Crippen molar-refractivity contribution in [2.75, 3.05) is 13.1 Å². The van der Waals surface area contributed by atoms with Gasteiger partial charge >= 0.3 is 0 Å². The second-order valence-electron chi connectivity index (χ2n) is 7.41. The Hall–Kier alpha value is -1.11. The van der Waals surface area contributed by atoms with E-state index in [9.17, 15) is 13.2 Å². The van der Waals surface area contributed by atoms with Crippen molar-refractivity contribution >= 4 is 27.5 Å². The summed E-state index contributed by atoms with van der Waals surface area (Å²) in [5.41, 5.74) is 0.572. The van der Waals surface area contributed by atoms with Gasteiger partial charge in [-0.25, -0.2) is 8.42 Å². The average Bonchev–Trinajstić information content (AvgIpc) is 2.65. The number of hydrogen-bond acceptors (Lipinski definition) is 3. The molecule has 1 aliphatic heterocycles. The number of halogens is 1. The Morgan fingerprint density at radius 1 is 1.15 bits per heavy atom. The summed E-state index contributed by atoms with van der Waals surface area (Å²) in [6.07, 6.45) is 6.88. The van der Waals surface area contributed by atoms with Crippen LogP contribution in [0.15, 0.2) is 23.1 Å². The van der Waals surface area contributed by atoms with E-state index in [2.05, 4.69) is 5.32 Å². The molecule has 7 heteroatoms. The number of nitrogens with zero attached hydrogens (tertiary/aromatic N) is 1. The molecule has 0 aromatic heterocycles. The molecule has 26 heavy (non-hydrogen) atoms. The smallest absolute Gasteiger partial charge is 0.243 e. The molecule has 0 unspecified atom stereocenters. The van der Waals surface area contributed by atoms with Crippen molar-refractivity contribution in [2.24, 2.45) is 5.92 Å². The zero-order valence-corrected chi connectivity index (χ0v) is 16.8. The predicted octanol–water partition coefficient (Wildman–Crippen LogP) is 3.50.